The van der Waals surface area contributed by atoms with Crippen molar-refractivity contribution in [2.45, 2.75) is 39.5 Å². The fourth-order valence-electron chi connectivity index (χ4n) is 3.08. The Labute approximate surface area is 153 Å². The molecule has 0 aromatic rings. The lowest BCUT2D eigenvalue weighted by Gasteiger charge is -2.36. The summed E-state index contributed by atoms with van der Waals surface area (Å²) < 4.78 is 0. The Morgan fingerprint density at radius 3 is 2.72 bits per heavy atom. The van der Waals surface area contributed by atoms with E-state index in [0.29, 0.717) is 6.42 Å². The first-order valence-electron chi connectivity index (χ1n) is 9.14. The standard InChI is InChI=1S/C20H36N4O/c1-7-20(4,16(2)3)11-14-24-13-10-18(17(21)15-24)23(6)12-8-9-19(25)22-5/h7H,1-2,8-15,21H2,3-6H3,(H,22,25). The maximum Gasteiger partial charge on any atom is 0.219 e. The van der Waals surface area contributed by atoms with Gasteiger partial charge in [0.15, 0.2) is 0 Å². The van der Waals surface area contributed by atoms with E-state index in [1.54, 1.807) is 7.05 Å². The molecule has 0 aliphatic carbocycles. The van der Waals surface area contributed by atoms with E-state index in [9.17, 15) is 4.79 Å². The summed E-state index contributed by atoms with van der Waals surface area (Å²) in [5.41, 5.74) is 9.64. The molecule has 0 saturated heterocycles. The summed E-state index contributed by atoms with van der Waals surface area (Å²) >= 11 is 0. The largest absolute Gasteiger partial charge is 0.400 e. The summed E-state index contributed by atoms with van der Waals surface area (Å²) in [7, 11) is 3.74. The van der Waals surface area contributed by atoms with Gasteiger partial charge in [0.1, 0.15) is 0 Å². The quantitative estimate of drug-likeness (QED) is 0.596. The van der Waals surface area contributed by atoms with Crippen LogP contribution in [0.1, 0.15) is 39.5 Å². The summed E-state index contributed by atoms with van der Waals surface area (Å²) in [4.78, 5) is 15.9. The molecule has 0 aromatic heterocycles. The molecule has 1 amide bonds. The van der Waals surface area contributed by atoms with Crippen LogP contribution in [0.3, 0.4) is 0 Å². The maximum absolute atomic E-state index is 11.3. The van der Waals surface area contributed by atoms with Crippen molar-refractivity contribution >= 4 is 5.91 Å². The molecule has 0 radical (unpaired) electrons. The molecule has 0 spiro atoms. The van der Waals surface area contributed by atoms with Crippen LogP contribution >= 0.6 is 0 Å². The Hall–Kier alpha value is -1.75. The molecule has 25 heavy (non-hydrogen) atoms. The fraction of sp³-hybridized carbons (Fsp3) is 0.650. The molecule has 5 nitrogen and oxygen atoms in total. The minimum absolute atomic E-state index is 0.0185. The molecular formula is C20H36N4O. The van der Waals surface area contributed by atoms with Crippen molar-refractivity contribution in [3.05, 3.63) is 36.2 Å². The molecule has 3 N–H and O–H groups in total. The van der Waals surface area contributed by atoms with Gasteiger partial charge >= 0.3 is 0 Å². The Kier molecular flexibility index (Phi) is 8.23. The van der Waals surface area contributed by atoms with Crippen molar-refractivity contribution in [3.63, 3.8) is 0 Å². The highest BCUT2D eigenvalue weighted by molar-refractivity contribution is 5.75. The van der Waals surface area contributed by atoms with Crippen molar-refractivity contribution in [3.8, 4) is 0 Å². The van der Waals surface area contributed by atoms with Gasteiger partial charge in [-0.2, -0.15) is 0 Å². The van der Waals surface area contributed by atoms with Crippen molar-refractivity contribution in [2.24, 2.45) is 11.1 Å². The van der Waals surface area contributed by atoms with Crippen LogP contribution in [0.25, 0.3) is 0 Å². The van der Waals surface area contributed by atoms with E-state index < -0.39 is 0 Å². The molecule has 5 heteroatoms. The van der Waals surface area contributed by atoms with E-state index in [1.807, 2.05) is 6.08 Å². The first-order chi connectivity index (χ1) is 11.7. The number of carbonyl (C=O) groups is 1. The molecule has 1 aliphatic heterocycles. The molecule has 1 heterocycles. The highest BCUT2D eigenvalue weighted by Gasteiger charge is 2.25. The molecule has 0 aromatic carbocycles. The maximum atomic E-state index is 11.3. The lowest BCUT2D eigenvalue weighted by Crippen LogP contribution is -2.40. The summed E-state index contributed by atoms with van der Waals surface area (Å²) in [5, 5.41) is 2.66. The Balaban J connectivity index is 2.52. The average Bonchev–Trinajstić information content (AvgIpc) is 2.59. The van der Waals surface area contributed by atoms with Crippen LogP contribution in [0.4, 0.5) is 0 Å². The summed E-state index contributed by atoms with van der Waals surface area (Å²) in [6, 6.07) is 0. The van der Waals surface area contributed by atoms with Gasteiger partial charge < -0.3 is 16.0 Å². The predicted molar refractivity (Wildman–Crippen MR) is 106 cm³/mol. The zero-order valence-corrected chi connectivity index (χ0v) is 16.5. The third kappa shape index (κ3) is 6.24. The van der Waals surface area contributed by atoms with E-state index in [0.717, 1.165) is 56.7 Å². The first kappa shape index (κ1) is 21.3. The second-order valence-corrected chi connectivity index (χ2v) is 7.35. The minimum atomic E-state index is -0.0185. The summed E-state index contributed by atoms with van der Waals surface area (Å²) in [6.45, 7) is 16.0. The SMILES string of the molecule is C=CC(C)(CCN1CCC(N(C)CCCC(=O)NC)=C(N)C1)C(=C)C. The smallest absolute Gasteiger partial charge is 0.219 e. The van der Waals surface area contributed by atoms with Crippen LogP contribution in [0.5, 0.6) is 0 Å². The van der Waals surface area contributed by atoms with E-state index in [-0.39, 0.29) is 11.3 Å². The van der Waals surface area contributed by atoms with Gasteiger partial charge in [0.05, 0.1) is 0 Å². The monoisotopic (exact) mass is 348 g/mol. The van der Waals surface area contributed by atoms with Gasteiger partial charge in [0.25, 0.3) is 0 Å². The minimum Gasteiger partial charge on any atom is -0.400 e. The number of allylic oxidation sites excluding steroid dienone is 2. The number of nitrogens with two attached hydrogens (primary N) is 1. The second-order valence-electron chi connectivity index (χ2n) is 7.35. The van der Waals surface area contributed by atoms with Crippen LogP contribution in [0.15, 0.2) is 36.2 Å². The van der Waals surface area contributed by atoms with Crippen molar-refractivity contribution in [2.75, 3.05) is 40.3 Å². The molecule has 1 rings (SSSR count). The van der Waals surface area contributed by atoms with Crippen LogP contribution < -0.4 is 11.1 Å². The number of rotatable bonds is 10. The first-order valence-corrected chi connectivity index (χ1v) is 9.14. The topological polar surface area (TPSA) is 61.6 Å². The Morgan fingerprint density at radius 1 is 1.52 bits per heavy atom. The van der Waals surface area contributed by atoms with Gasteiger partial charge in [-0.3, -0.25) is 9.69 Å². The van der Waals surface area contributed by atoms with Gasteiger partial charge in [0.2, 0.25) is 5.91 Å². The van der Waals surface area contributed by atoms with E-state index in [4.69, 9.17) is 5.73 Å². The Bertz CT molecular complexity index is 526. The van der Waals surface area contributed by atoms with Gasteiger partial charge in [0, 0.05) is 63.4 Å². The van der Waals surface area contributed by atoms with Gasteiger partial charge in [-0.25, -0.2) is 0 Å². The molecule has 1 unspecified atom stereocenters. The van der Waals surface area contributed by atoms with Crippen LogP contribution in [-0.2, 0) is 4.79 Å². The molecular weight excluding hydrogens is 312 g/mol. The molecule has 142 valence electrons. The second kappa shape index (κ2) is 9.66. The van der Waals surface area contributed by atoms with Crippen LogP contribution in [0, 0.1) is 5.41 Å². The van der Waals surface area contributed by atoms with Gasteiger partial charge in [-0.15, -0.1) is 6.58 Å². The Morgan fingerprint density at radius 2 is 2.20 bits per heavy atom. The normalized spacial score (nSPS) is 17.8. The van der Waals surface area contributed by atoms with Crippen molar-refractivity contribution in [1.29, 1.82) is 0 Å². The molecule has 0 bridgehead atoms. The lowest BCUT2D eigenvalue weighted by atomic mass is 9.80. The number of carbonyl (C=O) groups excluding carboxylic acids is 1. The number of nitrogens with one attached hydrogen (secondary N) is 1. The third-order valence-corrected chi connectivity index (χ3v) is 5.44. The van der Waals surface area contributed by atoms with Crippen molar-refractivity contribution in [1.82, 2.24) is 15.1 Å². The van der Waals surface area contributed by atoms with Crippen LogP contribution in [-0.4, -0.2) is 56.0 Å². The fourth-order valence-corrected chi connectivity index (χ4v) is 3.08. The van der Waals surface area contributed by atoms with E-state index in [1.165, 1.54) is 5.70 Å². The highest BCUT2D eigenvalue weighted by Crippen LogP contribution is 2.31. The number of amides is 1. The number of hydrogen-bond donors (Lipinski definition) is 2. The zero-order valence-electron chi connectivity index (χ0n) is 16.5. The predicted octanol–water partition coefficient (Wildman–Crippen LogP) is 2.48. The molecule has 1 atom stereocenters. The van der Waals surface area contributed by atoms with Crippen molar-refractivity contribution < 1.29 is 4.79 Å². The van der Waals surface area contributed by atoms with Gasteiger partial charge in [-0.1, -0.05) is 25.2 Å². The molecule has 1 aliphatic rings. The van der Waals surface area contributed by atoms with E-state index >= 15 is 0 Å². The molecule has 0 saturated carbocycles. The highest BCUT2D eigenvalue weighted by atomic mass is 16.1. The average molecular weight is 349 g/mol. The summed E-state index contributed by atoms with van der Waals surface area (Å²) in [6.07, 6.45) is 5.37. The lowest BCUT2D eigenvalue weighted by molar-refractivity contribution is -0.120. The third-order valence-electron chi connectivity index (χ3n) is 5.44. The van der Waals surface area contributed by atoms with Crippen LogP contribution in [0.2, 0.25) is 0 Å². The zero-order chi connectivity index (χ0) is 19.0. The van der Waals surface area contributed by atoms with Gasteiger partial charge in [-0.05, 0) is 26.3 Å². The summed E-state index contributed by atoms with van der Waals surface area (Å²) in [5.74, 6) is 0.0907. The number of hydrogen-bond acceptors (Lipinski definition) is 4. The van der Waals surface area contributed by atoms with E-state index in [2.05, 4.69) is 49.2 Å². The number of nitrogens with zero attached hydrogens (tertiary/aromatic N) is 2. The molecule has 0 fully saturated rings.